The monoisotopic (exact) mass is 506 g/mol. The van der Waals surface area contributed by atoms with Crippen LogP contribution in [0.3, 0.4) is 0 Å². The molecule has 38 heavy (non-hydrogen) atoms. The number of hydrogen-bond donors (Lipinski definition) is 1. The van der Waals surface area contributed by atoms with Crippen molar-refractivity contribution in [2.45, 2.75) is 13.5 Å². The van der Waals surface area contributed by atoms with Crippen LogP contribution in [0.1, 0.15) is 39.0 Å². The Morgan fingerprint density at radius 2 is 1.71 bits per heavy atom. The molecule has 0 bridgehead atoms. The van der Waals surface area contributed by atoms with Crippen molar-refractivity contribution < 1.29 is 28.6 Å². The Kier molecular flexibility index (Phi) is 6.69. The molecule has 0 aliphatic carbocycles. The van der Waals surface area contributed by atoms with E-state index in [0.29, 0.717) is 34.1 Å². The van der Waals surface area contributed by atoms with Crippen molar-refractivity contribution in [1.82, 2.24) is 0 Å². The van der Waals surface area contributed by atoms with E-state index >= 15 is 0 Å². The molecule has 3 aromatic carbocycles. The number of amides is 1. The minimum Gasteiger partial charge on any atom is -0.478 e. The molecule has 0 unspecified atom stereocenters. The van der Waals surface area contributed by atoms with Gasteiger partial charge in [-0.15, -0.1) is 0 Å². The summed E-state index contributed by atoms with van der Waals surface area (Å²) in [6.07, 6.45) is 1.60. The lowest BCUT2D eigenvalue weighted by molar-refractivity contribution is -0.114. The smallest absolute Gasteiger partial charge is 0.338 e. The minimum absolute atomic E-state index is 0.0618. The number of esters is 1. The van der Waals surface area contributed by atoms with E-state index in [-0.39, 0.29) is 18.1 Å². The van der Waals surface area contributed by atoms with Crippen LogP contribution in [-0.2, 0) is 16.1 Å². The van der Waals surface area contributed by atoms with E-state index in [1.54, 1.807) is 61.5 Å². The van der Waals surface area contributed by atoms with Gasteiger partial charge in [-0.2, -0.15) is 10.1 Å². The molecule has 8 nitrogen and oxygen atoms in total. The highest BCUT2D eigenvalue weighted by molar-refractivity contribution is 6.32. The van der Waals surface area contributed by atoms with Gasteiger partial charge >= 0.3 is 11.9 Å². The number of carboxylic acids is 1. The number of benzene rings is 3. The summed E-state index contributed by atoms with van der Waals surface area (Å²) in [5.74, 6) is -0.882. The van der Waals surface area contributed by atoms with E-state index < -0.39 is 11.9 Å². The number of anilines is 1. The number of carboxylic acid groups (broad SMARTS) is 1. The number of rotatable bonds is 7. The Hall–Kier alpha value is -5.24. The molecule has 4 aromatic rings. The van der Waals surface area contributed by atoms with E-state index in [9.17, 15) is 19.5 Å². The van der Waals surface area contributed by atoms with Crippen LogP contribution in [0.25, 0.3) is 17.4 Å². The number of furan rings is 1. The third-order valence-electron chi connectivity index (χ3n) is 5.93. The van der Waals surface area contributed by atoms with Gasteiger partial charge in [0.25, 0.3) is 5.91 Å². The highest BCUT2D eigenvalue weighted by Crippen LogP contribution is 2.28. The van der Waals surface area contributed by atoms with Crippen molar-refractivity contribution in [2.24, 2.45) is 5.10 Å². The maximum Gasteiger partial charge on any atom is 0.338 e. The number of carbonyl (C=O) groups excluding carboxylic acids is 2. The fraction of sp³-hybridized carbons (Fsp3) is 0.0667. The molecule has 0 radical (unpaired) electrons. The Morgan fingerprint density at radius 1 is 0.947 bits per heavy atom. The fourth-order valence-corrected chi connectivity index (χ4v) is 3.93. The second kappa shape index (κ2) is 10.4. The van der Waals surface area contributed by atoms with Gasteiger partial charge in [0.2, 0.25) is 0 Å². The van der Waals surface area contributed by atoms with E-state index in [4.69, 9.17) is 9.15 Å². The maximum absolute atomic E-state index is 13.0. The van der Waals surface area contributed by atoms with Crippen LogP contribution in [0.4, 0.5) is 5.69 Å². The molecular formula is C30H22N2O6. The second-order valence-electron chi connectivity index (χ2n) is 8.56. The van der Waals surface area contributed by atoms with Crippen molar-refractivity contribution in [3.8, 4) is 11.3 Å². The quantitative estimate of drug-likeness (QED) is 0.250. The van der Waals surface area contributed by atoms with Gasteiger partial charge < -0.3 is 14.3 Å². The van der Waals surface area contributed by atoms with Gasteiger partial charge in [0.1, 0.15) is 18.1 Å². The fourth-order valence-electron chi connectivity index (χ4n) is 3.93. The van der Waals surface area contributed by atoms with Crippen molar-refractivity contribution in [1.29, 1.82) is 0 Å². The SMILES string of the molecule is CC1=NN(c2cccc(C(=O)O)c2)C(=O)/C1=C\c1ccc(-c2ccc(C(=O)OCc3ccccc3)cc2)o1. The van der Waals surface area contributed by atoms with Crippen molar-refractivity contribution in [2.75, 3.05) is 5.01 Å². The van der Waals surface area contributed by atoms with Crippen LogP contribution in [0.5, 0.6) is 0 Å². The summed E-state index contributed by atoms with van der Waals surface area (Å²) >= 11 is 0. The van der Waals surface area contributed by atoms with Crippen LogP contribution < -0.4 is 5.01 Å². The standard InChI is InChI=1S/C30H22N2O6/c1-19-26(28(33)32(31-19)24-9-5-8-23(16-24)29(34)35)17-25-14-15-27(38-25)21-10-12-22(13-11-21)30(36)37-18-20-6-3-2-4-7-20/h2-17H,18H2,1H3,(H,34,35)/b26-17-. The van der Waals surface area contributed by atoms with E-state index in [1.165, 1.54) is 17.1 Å². The molecule has 1 N–H and O–H groups in total. The summed E-state index contributed by atoms with van der Waals surface area (Å²) in [6, 6.07) is 25.9. The highest BCUT2D eigenvalue weighted by atomic mass is 16.5. The summed E-state index contributed by atoms with van der Waals surface area (Å²) in [5.41, 5.74) is 3.33. The lowest BCUT2D eigenvalue weighted by Crippen LogP contribution is -2.21. The topological polar surface area (TPSA) is 109 Å². The van der Waals surface area contributed by atoms with Gasteiger partial charge in [-0.1, -0.05) is 48.5 Å². The molecule has 1 aromatic heterocycles. The normalized spacial score (nSPS) is 14.0. The first-order valence-electron chi connectivity index (χ1n) is 11.8. The Balaban J connectivity index is 1.28. The zero-order valence-corrected chi connectivity index (χ0v) is 20.3. The van der Waals surface area contributed by atoms with Crippen LogP contribution in [0.15, 0.2) is 106 Å². The Bertz CT molecular complexity index is 1580. The van der Waals surface area contributed by atoms with Crippen LogP contribution >= 0.6 is 0 Å². The number of nitrogens with zero attached hydrogens (tertiary/aromatic N) is 2. The van der Waals surface area contributed by atoms with E-state index in [2.05, 4.69) is 5.10 Å². The number of hydrogen-bond acceptors (Lipinski definition) is 6. The predicted octanol–water partition coefficient (Wildman–Crippen LogP) is 5.81. The first kappa shape index (κ1) is 24.5. The zero-order chi connectivity index (χ0) is 26.6. The van der Waals surface area contributed by atoms with Crippen LogP contribution in [0, 0.1) is 0 Å². The minimum atomic E-state index is -1.09. The third kappa shape index (κ3) is 5.15. The second-order valence-corrected chi connectivity index (χ2v) is 8.56. The summed E-state index contributed by atoms with van der Waals surface area (Å²) < 4.78 is 11.3. The molecule has 188 valence electrons. The zero-order valence-electron chi connectivity index (χ0n) is 20.3. The van der Waals surface area contributed by atoms with E-state index in [1.807, 2.05) is 30.3 Å². The van der Waals surface area contributed by atoms with Gasteiger partial charge in [-0.05, 0) is 61.0 Å². The molecule has 0 spiro atoms. The van der Waals surface area contributed by atoms with Gasteiger partial charge in [0, 0.05) is 5.56 Å². The highest BCUT2D eigenvalue weighted by Gasteiger charge is 2.29. The number of ether oxygens (including phenoxy) is 1. The average molecular weight is 507 g/mol. The Labute approximate surface area is 218 Å². The predicted molar refractivity (Wildman–Crippen MR) is 142 cm³/mol. The number of hydrazone groups is 1. The first-order valence-corrected chi connectivity index (χ1v) is 11.8. The molecule has 1 aliphatic heterocycles. The molecular weight excluding hydrogens is 484 g/mol. The van der Waals surface area contributed by atoms with E-state index in [0.717, 1.165) is 11.1 Å². The molecule has 2 heterocycles. The molecule has 0 fully saturated rings. The lowest BCUT2D eigenvalue weighted by atomic mass is 10.1. The maximum atomic E-state index is 13.0. The van der Waals surface area contributed by atoms with Crippen LogP contribution in [-0.4, -0.2) is 28.7 Å². The summed E-state index contributed by atoms with van der Waals surface area (Å²) in [6.45, 7) is 1.89. The largest absolute Gasteiger partial charge is 0.478 e. The lowest BCUT2D eigenvalue weighted by Gasteiger charge is -2.12. The van der Waals surface area contributed by atoms with Crippen LogP contribution in [0.2, 0.25) is 0 Å². The number of aromatic carboxylic acids is 1. The Morgan fingerprint density at radius 3 is 2.45 bits per heavy atom. The van der Waals surface area contributed by atoms with Crippen molar-refractivity contribution in [3.63, 3.8) is 0 Å². The molecule has 8 heteroatoms. The first-order chi connectivity index (χ1) is 18.4. The average Bonchev–Trinajstić information content (AvgIpc) is 3.53. The third-order valence-corrected chi connectivity index (χ3v) is 5.93. The summed E-state index contributed by atoms with van der Waals surface area (Å²) in [5, 5.41) is 14.7. The van der Waals surface area contributed by atoms with Gasteiger partial charge in [0.15, 0.2) is 0 Å². The van der Waals surface area contributed by atoms with Gasteiger partial charge in [0.05, 0.1) is 28.1 Å². The van der Waals surface area contributed by atoms with Gasteiger partial charge in [-0.25, -0.2) is 9.59 Å². The molecule has 5 rings (SSSR count). The van der Waals surface area contributed by atoms with Gasteiger partial charge in [-0.3, -0.25) is 4.79 Å². The van der Waals surface area contributed by atoms with Crippen molar-refractivity contribution in [3.05, 3.63) is 119 Å². The van der Waals surface area contributed by atoms with Crippen molar-refractivity contribution >= 4 is 35.3 Å². The number of carbonyl (C=O) groups is 3. The summed E-state index contributed by atoms with van der Waals surface area (Å²) in [7, 11) is 0. The molecule has 0 saturated carbocycles. The summed E-state index contributed by atoms with van der Waals surface area (Å²) in [4.78, 5) is 36.7. The molecule has 1 aliphatic rings. The molecule has 0 atom stereocenters. The molecule has 1 amide bonds. The molecule has 0 saturated heterocycles.